The number of anilines is 1. The monoisotopic (exact) mass is 474 g/mol. The van der Waals surface area contributed by atoms with Crippen molar-refractivity contribution < 1.29 is 14.3 Å². The molecule has 35 heavy (non-hydrogen) atoms. The van der Waals surface area contributed by atoms with Gasteiger partial charge in [0.05, 0.1) is 31.9 Å². The highest BCUT2D eigenvalue weighted by molar-refractivity contribution is 5.95. The lowest BCUT2D eigenvalue weighted by atomic mass is 9.86. The molecule has 3 aromatic rings. The van der Waals surface area contributed by atoms with E-state index in [4.69, 9.17) is 10.5 Å². The van der Waals surface area contributed by atoms with Crippen LogP contribution in [0.4, 0.5) is 10.5 Å². The number of nitrogens with one attached hydrogen (secondary N) is 1. The first-order valence-electron chi connectivity index (χ1n) is 11.8. The minimum atomic E-state index is -0.323. The lowest BCUT2D eigenvalue weighted by Gasteiger charge is -2.43. The van der Waals surface area contributed by atoms with Crippen LogP contribution < -0.4 is 15.4 Å². The van der Waals surface area contributed by atoms with Gasteiger partial charge in [-0.25, -0.2) is 4.79 Å². The van der Waals surface area contributed by atoms with E-state index in [-0.39, 0.29) is 24.0 Å². The summed E-state index contributed by atoms with van der Waals surface area (Å²) >= 11 is 0. The minimum Gasteiger partial charge on any atom is -0.497 e. The molecule has 3 N–H and O–H groups in total. The summed E-state index contributed by atoms with van der Waals surface area (Å²) in [7, 11) is 1.64. The number of carbonyl (C=O) groups excluding carboxylic acids is 2. The molecule has 1 aromatic heterocycles. The summed E-state index contributed by atoms with van der Waals surface area (Å²) in [5, 5.41) is 6.85. The molecule has 0 saturated carbocycles. The Bertz CT molecular complexity index is 1190. The van der Waals surface area contributed by atoms with Gasteiger partial charge >= 0.3 is 6.03 Å². The van der Waals surface area contributed by atoms with Crippen molar-refractivity contribution in [2.45, 2.75) is 24.9 Å². The Hall–Kier alpha value is -3.85. The van der Waals surface area contributed by atoms with Gasteiger partial charge in [0.15, 0.2) is 0 Å². The van der Waals surface area contributed by atoms with Gasteiger partial charge in [0.25, 0.3) is 0 Å². The van der Waals surface area contributed by atoms with E-state index in [0.717, 1.165) is 54.1 Å². The molecule has 2 aliphatic rings. The Morgan fingerprint density at radius 1 is 1.14 bits per heavy atom. The van der Waals surface area contributed by atoms with Crippen molar-refractivity contribution in [3.8, 4) is 16.9 Å². The highest BCUT2D eigenvalue weighted by atomic mass is 16.5. The third-order valence-corrected chi connectivity index (χ3v) is 7.14. The van der Waals surface area contributed by atoms with Crippen molar-refractivity contribution in [2.24, 2.45) is 5.73 Å². The van der Waals surface area contributed by atoms with Crippen LogP contribution in [-0.2, 0) is 11.3 Å². The van der Waals surface area contributed by atoms with Crippen LogP contribution in [0.25, 0.3) is 11.1 Å². The van der Waals surface area contributed by atoms with Gasteiger partial charge in [-0.1, -0.05) is 24.3 Å². The number of aromatic amines is 1. The maximum Gasteiger partial charge on any atom is 0.325 e. The van der Waals surface area contributed by atoms with Gasteiger partial charge in [-0.05, 0) is 48.2 Å². The average Bonchev–Trinajstić information content (AvgIpc) is 3.49. The number of carbonyl (C=O) groups is 2. The lowest BCUT2D eigenvalue weighted by molar-refractivity contribution is -0.119. The molecule has 2 fully saturated rings. The summed E-state index contributed by atoms with van der Waals surface area (Å²) in [4.78, 5) is 31.2. The first-order valence-corrected chi connectivity index (χ1v) is 11.8. The Morgan fingerprint density at radius 2 is 1.91 bits per heavy atom. The predicted octanol–water partition coefficient (Wildman–Crippen LogP) is 2.85. The first-order chi connectivity index (χ1) is 17.0. The van der Waals surface area contributed by atoms with Crippen LogP contribution in [0.5, 0.6) is 5.75 Å². The van der Waals surface area contributed by atoms with Crippen molar-refractivity contribution in [3.05, 3.63) is 66.5 Å². The smallest absolute Gasteiger partial charge is 0.325 e. The molecule has 182 valence electrons. The fourth-order valence-electron chi connectivity index (χ4n) is 5.20. The van der Waals surface area contributed by atoms with Crippen LogP contribution >= 0.6 is 0 Å². The van der Waals surface area contributed by atoms with Crippen LogP contribution in [0.1, 0.15) is 18.4 Å². The highest BCUT2D eigenvalue weighted by Crippen LogP contribution is 2.40. The molecule has 2 aliphatic heterocycles. The molecule has 2 aromatic carbocycles. The van der Waals surface area contributed by atoms with Gasteiger partial charge in [0.1, 0.15) is 5.75 Å². The molecule has 2 saturated heterocycles. The van der Waals surface area contributed by atoms with Crippen LogP contribution in [0.3, 0.4) is 0 Å². The van der Waals surface area contributed by atoms with E-state index < -0.39 is 0 Å². The molecule has 9 heteroatoms. The average molecular weight is 475 g/mol. The second kappa shape index (κ2) is 9.42. The molecule has 5 rings (SSSR count). The summed E-state index contributed by atoms with van der Waals surface area (Å²) in [5.41, 5.74) is 9.03. The maximum absolute atomic E-state index is 13.8. The molecule has 9 nitrogen and oxygen atoms in total. The second-order valence-corrected chi connectivity index (χ2v) is 9.31. The Labute approximate surface area is 204 Å². The number of piperidine rings is 1. The molecule has 0 radical (unpaired) electrons. The largest absolute Gasteiger partial charge is 0.497 e. The van der Waals surface area contributed by atoms with Crippen LogP contribution in [-0.4, -0.2) is 70.8 Å². The molecular weight excluding hydrogens is 444 g/mol. The van der Waals surface area contributed by atoms with E-state index in [2.05, 4.69) is 15.1 Å². The number of urea groups is 1. The third kappa shape index (κ3) is 4.59. The molecule has 3 amide bonds. The maximum atomic E-state index is 13.8. The fraction of sp³-hybridized carbons (Fsp3) is 0.346. The highest BCUT2D eigenvalue weighted by Gasteiger charge is 2.51. The molecule has 0 bridgehead atoms. The number of benzene rings is 2. The summed E-state index contributed by atoms with van der Waals surface area (Å²) < 4.78 is 5.40. The normalized spacial score (nSPS) is 17.8. The number of amides is 3. The molecular formula is C26H30N6O3. The van der Waals surface area contributed by atoms with E-state index in [1.807, 2.05) is 64.5 Å². The molecule has 3 heterocycles. The number of hydrogen-bond donors (Lipinski definition) is 2. The van der Waals surface area contributed by atoms with Gasteiger partial charge in [-0.15, -0.1) is 0 Å². The first kappa shape index (κ1) is 22.9. The molecule has 0 atom stereocenters. The van der Waals surface area contributed by atoms with E-state index >= 15 is 0 Å². The summed E-state index contributed by atoms with van der Waals surface area (Å²) in [6.07, 6.45) is 5.18. The number of methoxy groups -OCH3 is 1. The second-order valence-electron chi connectivity index (χ2n) is 9.31. The quantitative estimate of drug-likeness (QED) is 0.548. The number of aromatic nitrogens is 2. The Balaban J connectivity index is 1.42. The zero-order valence-electron chi connectivity index (χ0n) is 19.8. The SMILES string of the molecule is COc1cccc(CN2C(=O)N(c3ccc(-c4cn[nH]c4)cc3)CC23CCN(CC(N)=O)CC3)c1. The predicted molar refractivity (Wildman–Crippen MR) is 133 cm³/mol. The van der Waals surface area contributed by atoms with Crippen LogP contribution in [0.15, 0.2) is 60.9 Å². The Morgan fingerprint density at radius 3 is 2.57 bits per heavy atom. The molecule has 0 unspecified atom stereocenters. The van der Waals surface area contributed by atoms with Crippen molar-refractivity contribution in [3.63, 3.8) is 0 Å². The number of primary amides is 1. The number of rotatable bonds is 7. The number of nitrogens with two attached hydrogens (primary N) is 1. The van der Waals surface area contributed by atoms with Gasteiger partial charge in [-0.2, -0.15) is 5.10 Å². The van der Waals surface area contributed by atoms with Crippen molar-refractivity contribution in [1.29, 1.82) is 0 Å². The van der Waals surface area contributed by atoms with Gasteiger partial charge in [0, 0.05) is 37.1 Å². The van der Waals surface area contributed by atoms with E-state index in [1.54, 1.807) is 13.3 Å². The van der Waals surface area contributed by atoms with Crippen molar-refractivity contribution >= 4 is 17.6 Å². The zero-order valence-corrected chi connectivity index (χ0v) is 19.8. The van der Waals surface area contributed by atoms with Crippen LogP contribution in [0.2, 0.25) is 0 Å². The fourth-order valence-corrected chi connectivity index (χ4v) is 5.20. The number of likely N-dealkylation sites (tertiary alicyclic amines) is 1. The number of hydrogen-bond acceptors (Lipinski definition) is 5. The van der Waals surface area contributed by atoms with E-state index in [0.29, 0.717) is 13.1 Å². The Kier molecular flexibility index (Phi) is 6.17. The van der Waals surface area contributed by atoms with Gasteiger partial charge in [0.2, 0.25) is 5.91 Å². The number of H-pyrrole nitrogens is 1. The molecule has 0 aliphatic carbocycles. The van der Waals surface area contributed by atoms with E-state index in [1.165, 1.54) is 0 Å². The van der Waals surface area contributed by atoms with Crippen LogP contribution in [0, 0.1) is 0 Å². The number of ether oxygens (including phenoxy) is 1. The van der Waals surface area contributed by atoms with Gasteiger partial charge < -0.3 is 15.4 Å². The topological polar surface area (TPSA) is 108 Å². The standard InChI is InChI=1S/C26H30N6O3/c1-35-23-4-2-3-19(13-23)16-32-25(34)31(18-26(32)9-11-30(12-10-26)17-24(27)33)22-7-5-20(6-8-22)21-14-28-29-15-21/h2-8,13-15H,9-12,16-18H2,1H3,(H2,27,33)(H,28,29). The molecule has 1 spiro atoms. The zero-order chi connectivity index (χ0) is 24.4. The number of nitrogens with zero attached hydrogens (tertiary/aromatic N) is 4. The van der Waals surface area contributed by atoms with Crippen molar-refractivity contribution in [1.82, 2.24) is 20.0 Å². The third-order valence-electron chi connectivity index (χ3n) is 7.14. The summed E-state index contributed by atoms with van der Waals surface area (Å²) in [5.74, 6) is 0.446. The van der Waals surface area contributed by atoms with Gasteiger partial charge in [-0.3, -0.25) is 19.7 Å². The summed E-state index contributed by atoms with van der Waals surface area (Å²) in [6.45, 7) is 2.79. The minimum absolute atomic E-state index is 0.00719. The lowest BCUT2D eigenvalue weighted by Crippen LogP contribution is -2.55. The van der Waals surface area contributed by atoms with E-state index in [9.17, 15) is 9.59 Å². The van der Waals surface area contributed by atoms with Crippen molar-refractivity contribution in [2.75, 3.05) is 38.2 Å². The summed E-state index contributed by atoms with van der Waals surface area (Å²) in [6, 6.07) is 15.9.